The molecule has 0 amide bonds. The highest BCUT2D eigenvalue weighted by atomic mass is 32.2. The molecule has 0 spiro atoms. The summed E-state index contributed by atoms with van der Waals surface area (Å²) in [5, 5.41) is 13.9. The van der Waals surface area contributed by atoms with Gasteiger partial charge < -0.3 is 10.0 Å². The van der Waals surface area contributed by atoms with E-state index in [9.17, 15) is 8.42 Å². The summed E-state index contributed by atoms with van der Waals surface area (Å²) < 4.78 is 22.3. The molecule has 0 unspecified atom stereocenters. The van der Waals surface area contributed by atoms with Crippen LogP contribution in [0.3, 0.4) is 0 Å². The van der Waals surface area contributed by atoms with E-state index >= 15 is 0 Å². The second-order valence-corrected chi connectivity index (χ2v) is 5.84. The maximum Gasteiger partial charge on any atom is 0.238 e. The smallest absolute Gasteiger partial charge is 0.238 e. The number of rotatable bonds is 7. The third-order valence-electron chi connectivity index (χ3n) is 2.49. The first kappa shape index (κ1) is 15.3. The molecule has 0 saturated carbocycles. The van der Waals surface area contributed by atoms with E-state index in [-0.39, 0.29) is 11.5 Å². The standard InChI is InChI=1S/C11H18N2O3S2/c12-18(15,16)11-4-2-10(3-5-11)13(7-9-17)6-1-8-14/h2-5,14,17H,1,6-9H2,(H2,12,15,16). The Kier molecular flexibility index (Phi) is 5.94. The molecule has 0 heterocycles. The van der Waals surface area contributed by atoms with Gasteiger partial charge in [0.15, 0.2) is 0 Å². The third kappa shape index (κ3) is 4.49. The molecule has 0 saturated heterocycles. The Balaban J connectivity index is 2.86. The summed E-state index contributed by atoms with van der Waals surface area (Å²) in [7, 11) is -3.65. The maximum absolute atomic E-state index is 11.1. The number of nitrogens with zero attached hydrogens (tertiary/aromatic N) is 1. The molecule has 5 nitrogen and oxygen atoms in total. The topological polar surface area (TPSA) is 83.6 Å². The van der Waals surface area contributed by atoms with E-state index < -0.39 is 10.0 Å². The number of primary sulfonamides is 1. The molecule has 0 atom stereocenters. The van der Waals surface area contributed by atoms with E-state index in [1.165, 1.54) is 12.1 Å². The Morgan fingerprint density at radius 3 is 2.28 bits per heavy atom. The Morgan fingerprint density at radius 1 is 1.22 bits per heavy atom. The zero-order valence-electron chi connectivity index (χ0n) is 9.99. The van der Waals surface area contributed by atoms with Crippen molar-refractivity contribution >= 4 is 28.3 Å². The average molecular weight is 290 g/mol. The highest BCUT2D eigenvalue weighted by Crippen LogP contribution is 2.17. The number of benzene rings is 1. The van der Waals surface area contributed by atoms with Gasteiger partial charge in [0.05, 0.1) is 4.90 Å². The van der Waals surface area contributed by atoms with Gasteiger partial charge in [-0.3, -0.25) is 0 Å². The zero-order chi connectivity index (χ0) is 13.6. The van der Waals surface area contributed by atoms with Crippen LogP contribution in [0, 0.1) is 0 Å². The number of hydrogen-bond donors (Lipinski definition) is 3. The monoisotopic (exact) mass is 290 g/mol. The van der Waals surface area contributed by atoms with Crippen LogP contribution in [-0.4, -0.2) is 39.0 Å². The highest BCUT2D eigenvalue weighted by molar-refractivity contribution is 7.89. The van der Waals surface area contributed by atoms with Gasteiger partial charge >= 0.3 is 0 Å². The minimum absolute atomic E-state index is 0.0965. The molecule has 0 fully saturated rings. The minimum atomic E-state index is -3.65. The number of sulfonamides is 1. The normalized spacial score (nSPS) is 11.5. The first-order valence-electron chi connectivity index (χ1n) is 5.58. The number of anilines is 1. The van der Waals surface area contributed by atoms with Crippen LogP contribution in [0.4, 0.5) is 5.69 Å². The van der Waals surface area contributed by atoms with Crippen LogP contribution < -0.4 is 10.0 Å². The number of aliphatic hydroxyl groups excluding tert-OH is 1. The number of aliphatic hydroxyl groups is 1. The lowest BCUT2D eigenvalue weighted by Gasteiger charge is -2.23. The van der Waals surface area contributed by atoms with Crippen molar-refractivity contribution in [2.45, 2.75) is 11.3 Å². The van der Waals surface area contributed by atoms with Gasteiger partial charge in [-0.05, 0) is 30.7 Å². The van der Waals surface area contributed by atoms with Crippen LogP contribution in [0.25, 0.3) is 0 Å². The van der Waals surface area contributed by atoms with E-state index in [1.807, 2.05) is 4.90 Å². The lowest BCUT2D eigenvalue weighted by atomic mass is 10.2. The van der Waals surface area contributed by atoms with Gasteiger partial charge in [-0.15, -0.1) is 0 Å². The molecule has 0 radical (unpaired) electrons. The molecule has 0 aliphatic heterocycles. The zero-order valence-corrected chi connectivity index (χ0v) is 11.7. The minimum Gasteiger partial charge on any atom is -0.396 e. The molecule has 0 aliphatic carbocycles. The van der Waals surface area contributed by atoms with Crippen LogP contribution in [0.15, 0.2) is 29.2 Å². The van der Waals surface area contributed by atoms with Crippen molar-refractivity contribution in [3.8, 4) is 0 Å². The number of hydrogen-bond acceptors (Lipinski definition) is 5. The molecule has 0 aliphatic rings. The lowest BCUT2D eigenvalue weighted by molar-refractivity contribution is 0.289. The van der Waals surface area contributed by atoms with E-state index in [0.717, 1.165) is 12.2 Å². The summed E-state index contributed by atoms with van der Waals surface area (Å²) >= 11 is 4.18. The average Bonchev–Trinajstić information content (AvgIpc) is 2.33. The van der Waals surface area contributed by atoms with Crippen molar-refractivity contribution in [3.05, 3.63) is 24.3 Å². The van der Waals surface area contributed by atoms with Crippen molar-refractivity contribution in [2.24, 2.45) is 5.14 Å². The summed E-state index contributed by atoms with van der Waals surface area (Å²) in [5.74, 6) is 0.683. The maximum atomic E-state index is 11.1. The quantitative estimate of drug-likeness (QED) is 0.637. The summed E-state index contributed by atoms with van der Waals surface area (Å²) in [5.41, 5.74) is 0.893. The van der Waals surface area contributed by atoms with Crippen molar-refractivity contribution < 1.29 is 13.5 Å². The Bertz CT molecular complexity index is 460. The largest absolute Gasteiger partial charge is 0.396 e. The summed E-state index contributed by atoms with van der Waals surface area (Å²) in [4.78, 5) is 2.13. The van der Waals surface area contributed by atoms with Crippen molar-refractivity contribution in [1.82, 2.24) is 0 Å². The van der Waals surface area contributed by atoms with Crippen molar-refractivity contribution in [1.29, 1.82) is 0 Å². The first-order chi connectivity index (χ1) is 8.49. The lowest BCUT2D eigenvalue weighted by Crippen LogP contribution is -2.27. The molecular weight excluding hydrogens is 272 g/mol. The van der Waals surface area contributed by atoms with Gasteiger partial charge in [-0.2, -0.15) is 12.6 Å². The molecular formula is C11H18N2O3S2. The van der Waals surface area contributed by atoms with Crippen molar-refractivity contribution in [2.75, 3.05) is 30.3 Å². The van der Waals surface area contributed by atoms with E-state index in [2.05, 4.69) is 12.6 Å². The van der Waals surface area contributed by atoms with E-state index in [1.54, 1.807) is 12.1 Å². The Labute approximate surface area is 113 Å². The van der Waals surface area contributed by atoms with Gasteiger partial charge in [0, 0.05) is 31.1 Å². The van der Waals surface area contributed by atoms with E-state index in [4.69, 9.17) is 10.2 Å². The van der Waals surface area contributed by atoms with Gasteiger partial charge in [-0.25, -0.2) is 13.6 Å². The van der Waals surface area contributed by atoms with Gasteiger partial charge in [0.25, 0.3) is 0 Å². The van der Waals surface area contributed by atoms with Crippen LogP contribution in [-0.2, 0) is 10.0 Å². The molecule has 18 heavy (non-hydrogen) atoms. The van der Waals surface area contributed by atoms with Gasteiger partial charge in [0.2, 0.25) is 10.0 Å². The molecule has 1 rings (SSSR count). The summed E-state index contributed by atoms with van der Waals surface area (Å²) in [6, 6.07) is 6.38. The third-order valence-corrected chi connectivity index (χ3v) is 3.62. The summed E-state index contributed by atoms with van der Waals surface area (Å²) in [6.45, 7) is 1.56. The SMILES string of the molecule is NS(=O)(=O)c1ccc(N(CCS)CCCO)cc1. The summed E-state index contributed by atoms with van der Waals surface area (Å²) in [6.07, 6.45) is 0.657. The molecule has 102 valence electrons. The second-order valence-electron chi connectivity index (χ2n) is 3.83. The molecule has 0 aromatic heterocycles. The fourth-order valence-electron chi connectivity index (χ4n) is 1.60. The highest BCUT2D eigenvalue weighted by Gasteiger charge is 2.09. The first-order valence-corrected chi connectivity index (χ1v) is 7.76. The van der Waals surface area contributed by atoms with Crippen LogP contribution in [0.1, 0.15) is 6.42 Å². The Hall–Kier alpha value is -0.760. The van der Waals surface area contributed by atoms with Crippen LogP contribution >= 0.6 is 12.6 Å². The predicted octanol–water partition coefficient (Wildman–Crippen LogP) is 0.453. The molecule has 7 heteroatoms. The predicted molar refractivity (Wildman–Crippen MR) is 75.6 cm³/mol. The van der Waals surface area contributed by atoms with E-state index in [0.29, 0.717) is 18.7 Å². The van der Waals surface area contributed by atoms with Crippen molar-refractivity contribution in [3.63, 3.8) is 0 Å². The fraction of sp³-hybridized carbons (Fsp3) is 0.455. The molecule has 0 bridgehead atoms. The molecule has 1 aromatic rings. The number of thiol groups is 1. The second kappa shape index (κ2) is 6.98. The molecule has 3 N–H and O–H groups in total. The van der Waals surface area contributed by atoms with Crippen LogP contribution in [0.2, 0.25) is 0 Å². The van der Waals surface area contributed by atoms with Crippen LogP contribution in [0.5, 0.6) is 0 Å². The Morgan fingerprint density at radius 2 is 1.83 bits per heavy atom. The van der Waals surface area contributed by atoms with Gasteiger partial charge in [-0.1, -0.05) is 0 Å². The fourth-order valence-corrected chi connectivity index (χ4v) is 2.36. The van der Waals surface area contributed by atoms with Gasteiger partial charge in [0.1, 0.15) is 0 Å². The molecule has 1 aromatic carbocycles. The number of nitrogens with two attached hydrogens (primary N) is 1.